The number of benzene rings is 1. The van der Waals surface area contributed by atoms with Gasteiger partial charge in [-0.2, -0.15) is 0 Å². The number of hydrogen-bond acceptors (Lipinski definition) is 4. The summed E-state index contributed by atoms with van der Waals surface area (Å²) in [6.07, 6.45) is 6.71. The van der Waals surface area contributed by atoms with Crippen molar-refractivity contribution in [3.63, 3.8) is 0 Å². The minimum absolute atomic E-state index is 0.0296. The van der Waals surface area contributed by atoms with E-state index in [0.29, 0.717) is 5.02 Å². The molecule has 1 unspecified atom stereocenters. The molecule has 0 amide bonds. The molecule has 28 heavy (non-hydrogen) atoms. The lowest BCUT2D eigenvalue weighted by atomic mass is 10.1. The van der Waals surface area contributed by atoms with Crippen LogP contribution in [0.1, 0.15) is 37.4 Å². The number of aromatic nitrogens is 1. The van der Waals surface area contributed by atoms with E-state index in [1.165, 1.54) is 26.0 Å². The quantitative estimate of drug-likeness (QED) is 0.736. The topological polar surface area (TPSA) is 63.6 Å². The molecule has 1 atom stereocenters. The van der Waals surface area contributed by atoms with Crippen LogP contribution in [0.5, 0.6) is 5.75 Å². The fourth-order valence-electron chi connectivity index (χ4n) is 3.77. The molecule has 2 aromatic rings. The second-order valence-electron chi connectivity index (χ2n) is 7.16. The van der Waals surface area contributed by atoms with Crippen LogP contribution < -0.4 is 9.46 Å². The van der Waals surface area contributed by atoms with Crippen molar-refractivity contribution in [1.29, 1.82) is 0 Å². The first-order valence-corrected chi connectivity index (χ1v) is 11.5. The number of halogens is 1. The molecule has 0 saturated carbocycles. The molecule has 0 spiro atoms. The van der Waals surface area contributed by atoms with Gasteiger partial charge < -0.3 is 9.30 Å². The summed E-state index contributed by atoms with van der Waals surface area (Å²) >= 11 is 6.03. The second-order valence-corrected chi connectivity index (χ2v) is 9.33. The van der Waals surface area contributed by atoms with Gasteiger partial charge in [-0.15, -0.1) is 0 Å². The van der Waals surface area contributed by atoms with Crippen LogP contribution >= 0.6 is 11.6 Å². The Morgan fingerprint density at radius 1 is 1.18 bits per heavy atom. The van der Waals surface area contributed by atoms with Crippen LogP contribution in [0.4, 0.5) is 0 Å². The Bertz CT molecular complexity index is 890. The van der Waals surface area contributed by atoms with E-state index < -0.39 is 10.0 Å². The summed E-state index contributed by atoms with van der Waals surface area (Å²) in [7, 11) is -0.322. The Hall–Kier alpha value is -1.54. The molecule has 0 radical (unpaired) electrons. The number of methoxy groups -OCH3 is 1. The van der Waals surface area contributed by atoms with Crippen molar-refractivity contribution in [3.05, 3.63) is 47.2 Å². The lowest BCUT2D eigenvalue weighted by Gasteiger charge is -2.31. The van der Waals surface area contributed by atoms with Gasteiger partial charge in [0.25, 0.3) is 0 Å². The molecule has 2 heterocycles. The number of rotatable bonds is 7. The van der Waals surface area contributed by atoms with Crippen LogP contribution in [0.15, 0.2) is 41.4 Å². The molecule has 8 heteroatoms. The number of hydrogen-bond donors (Lipinski definition) is 1. The molecular formula is C20H28ClN3O3S. The molecular weight excluding hydrogens is 398 g/mol. The standard InChI is InChI=1S/C20H28ClN3O3S/c1-23-11-7-8-17(23)18(24-12-5-3-4-6-13-24)15-22-28(25,26)20-14-16(21)9-10-19(20)27-2/h7-11,14,18,22H,3-6,12-13,15H2,1-2H3. The minimum Gasteiger partial charge on any atom is -0.495 e. The smallest absolute Gasteiger partial charge is 0.244 e. The zero-order valence-corrected chi connectivity index (χ0v) is 18.0. The Kier molecular flexibility index (Phi) is 7.04. The summed E-state index contributed by atoms with van der Waals surface area (Å²) in [6, 6.07) is 8.63. The van der Waals surface area contributed by atoms with Crippen molar-refractivity contribution in [2.75, 3.05) is 26.7 Å². The molecule has 1 aromatic heterocycles. The number of aryl methyl sites for hydroxylation is 1. The maximum atomic E-state index is 13.0. The highest BCUT2D eigenvalue weighted by Crippen LogP contribution is 2.28. The maximum Gasteiger partial charge on any atom is 0.244 e. The first-order valence-electron chi connectivity index (χ1n) is 9.61. The number of likely N-dealkylation sites (tertiary alicyclic amines) is 1. The van der Waals surface area contributed by atoms with Gasteiger partial charge in [-0.05, 0) is 56.3 Å². The Labute approximate surface area is 172 Å². The van der Waals surface area contributed by atoms with E-state index in [-0.39, 0.29) is 23.2 Å². The van der Waals surface area contributed by atoms with Gasteiger partial charge in [-0.3, -0.25) is 4.90 Å². The van der Waals surface area contributed by atoms with Crippen LogP contribution in [-0.4, -0.2) is 44.6 Å². The van der Waals surface area contributed by atoms with Crippen molar-refractivity contribution in [2.45, 2.75) is 36.6 Å². The molecule has 1 aliphatic rings. The summed E-state index contributed by atoms with van der Waals surface area (Å²) in [5.41, 5.74) is 1.10. The van der Waals surface area contributed by atoms with E-state index in [1.807, 2.05) is 19.3 Å². The summed E-state index contributed by atoms with van der Waals surface area (Å²) < 4.78 is 36.1. The van der Waals surface area contributed by atoms with Crippen molar-refractivity contribution >= 4 is 21.6 Å². The molecule has 3 rings (SSSR count). The Balaban J connectivity index is 1.85. The van der Waals surface area contributed by atoms with Crippen molar-refractivity contribution in [2.24, 2.45) is 7.05 Å². The summed E-state index contributed by atoms with van der Waals surface area (Å²) in [6.45, 7) is 2.23. The summed E-state index contributed by atoms with van der Waals surface area (Å²) in [4.78, 5) is 2.45. The first kappa shape index (κ1) is 21.2. The zero-order valence-electron chi connectivity index (χ0n) is 16.4. The van der Waals surface area contributed by atoms with E-state index in [1.54, 1.807) is 12.1 Å². The maximum absolute atomic E-state index is 13.0. The predicted octanol–water partition coefficient (Wildman–Crippen LogP) is 3.58. The van der Waals surface area contributed by atoms with E-state index in [0.717, 1.165) is 31.6 Å². The molecule has 1 saturated heterocycles. The van der Waals surface area contributed by atoms with Crippen LogP contribution in [0.2, 0.25) is 5.02 Å². The van der Waals surface area contributed by atoms with Crippen LogP contribution in [0, 0.1) is 0 Å². The molecule has 6 nitrogen and oxygen atoms in total. The van der Waals surface area contributed by atoms with E-state index in [4.69, 9.17) is 16.3 Å². The largest absolute Gasteiger partial charge is 0.495 e. The molecule has 154 valence electrons. The molecule has 1 fully saturated rings. The van der Waals surface area contributed by atoms with Crippen molar-refractivity contribution < 1.29 is 13.2 Å². The SMILES string of the molecule is COc1ccc(Cl)cc1S(=O)(=O)NCC(c1cccn1C)N1CCCCCC1. The predicted molar refractivity (Wildman–Crippen MR) is 111 cm³/mol. The van der Waals surface area contributed by atoms with Gasteiger partial charge in [-0.25, -0.2) is 13.1 Å². The lowest BCUT2D eigenvalue weighted by Crippen LogP contribution is -2.39. The fraction of sp³-hybridized carbons (Fsp3) is 0.500. The van der Waals surface area contributed by atoms with Gasteiger partial charge in [0.05, 0.1) is 13.2 Å². The average Bonchev–Trinajstić information content (AvgIpc) is 2.92. The van der Waals surface area contributed by atoms with Crippen LogP contribution in [0.3, 0.4) is 0 Å². The van der Waals surface area contributed by atoms with Gasteiger partial charge in [-0.1, -0.05) is 24.4 Å². The van der Waals surface area contributed by atoms with Gasteiger partial charge in [0.15, 0.2) is 0 Å². The zero-order chi connectivity index (χ0) is 20.1. The molecule has 1 N–H and O–H groups in total. The summed E-state index contributed by atoms with van der Waals surface area (Å²) in [5.74, 6) is 0.280. The Morgan fingerprint density at radius 2 is 1.89 bits per heavy atom. The highest BCUT2D eigenvalue weighted by Gasteiger charge is 2.27. The normalized spacial score (nSPS) is 17.2. The average molecular weight is 426 g/mol. The molecule has 0 aliphatic carbocycles. The highest BCUT2D eigenvalue weighted by molar-refractivity contribution is 7.89. The molecule has 0 bridgehead atoms. The number of ether oxygens (including phenoxy) is 1. The van der Waals surface area contributed by atoms with Crippen LogP contribution in [-0.2, 0) is 17.1 Å². The third kappa shape index (κ3) is 4.89. The minimum atomic E-state index is -3.77. The van der Waals surface area contributed by atoms with Crippen molar-refractivity contribution in [3.8, 4) is 5.75 Å². The molecule has 1 aliphatic heterocycles. The fourth-order valence-corrected chi connectivity index (χ4v) is 5.24. The highest BCUT2D eigenvalue weighted by atomic mass is 35.5. The van der Waals surface area contributed by atoms with Gasteiger partial charge in [0, 0.05) is 30.5 Å². The van der Waals surface area contributed by atoms with E-state index >= 15 is 0 Å². The van der Waals surface area contributed by atoms with Gasteiger partial charge >= 0.3 is 0 Å². The Morgan fingerprint density at radius 3 is 2.50 bits per heavy atom. The third-order valence-electron chi connectivity index (χ3n) is 5.29. The number of nitrogens with one attached hydrogen (secondary N) is 1. The third-order valence-corrected chi connectivity index (χ3v) is 6.97. The lowest BCUT2D eigenvalue weighted by molar-refractivity contribution is 0.199. The van der Waals surface area contributed by atoms with E-state index in [9.17, 15) is 8.42 Å². The number of sulfonamides is 1. The summed E-state index contributed by atoms with van der Waals surface area (Å²) in [5, 5.41) is 0.354. The number of nitrogens with zero attached hydrogens (tertiary/aromatic N) is 2. The van der Waals surface area contributed by atoms with E-state index in [2.05, 4.69) is 20.3 Å². The van der Waals surface area contributed by atoms with Crippen molar-refractivity contribution in [1.82, 2.24) is 14.2 Å². The van der Waals surface area contributed by atoms with Gasteiger partial charge in [0.1, 0.15) is 10.6 Å². The first-order chi connectivity index (χ1) is 13.4. The van der Waals surface area contributed by atoms with Crippen LogP contribution in [0.25, 0.3) is 0 Å². The second kappa shape index (κ2) is 9.31. The van der Waals surface area contributed by atoms with Gasteiger partial charge in [0.2, 0.25) is 10.0 Å². The molecule has 1 aromatic carbocycles. The monoisotopic (exact) mass is 425 g/mol.